The lowest BCUT2D eigenvalue weighted by atomic mass is 9.92. The van der Waals surface area contributed by atoms with Crippen molar-refractivity contribution in [2.75, 3.05) is 0 Å². The number of ether oxygens (including phenoxy) is 1. The van der Waals surface area contributed by atoms with Crippen LogP contribution in [0.2, 0.25) is 0 Å². The van der Waals surface area contributed by atoms with Gasteiger partial charge in [-0.2, -0.15) is 0 Å². The van der Waals surface area contributed by atoms with E-state index < -0.39 is 18.1 Å². The molecule has 0 fully saturated rings. The zero-order chi connectivity index (χ0) is 21.8. The van der Waals surface area contributed by atoms with E-state index in [2.05, 4.69) is 5.32 Å². The minimum Gasteiger partial charge on any atom is -0.508 e. The van der Waals surface area contributed by atoms with Crippen molar-refractivity contribution < 1.29 is 24.5 Å². The molecule has 6 heteroatoms. The van der Waals surface area contributed by atoms with Gasteiger partial charge in [-0.1, -0.05) is 60.7 Å². The van der Waals surface area contributed by atoms with Crippen molar-refractivity contribution in [3.63, 3.8) is 0 Å². The van der Waals surface area contributed by atoms with Crippen LogP contribution in [0.5, 0.6) is 11.5 Å². The SMILES string of the molecule is O=C(NC(c1ccc(C(=O)O)cc1)c1c(O)ccc2ccccc12)Oc1ccccc1. The summed E-state index contributed by atoms with van der Waals surface area (Å²) in [5.74, 6) is -0.666. The quantitative estimate of drug-likeness (QED) is 0.422. The fourth-order valence-electron chi connectivity index (χ4n) is 3.47. The van der Waals surface area contributed by atoms with E-state index in [1.807, 2.05) is 30.3 Å². The number of aromatic hydroxyl groups is 1. The third-order valence-corrected chi connectivity index (χ3v) is 4.94. The van der Waals surface area contributed by atoms with E-state index in [1.165, 1.54) is 12.1 Å². The molecule has 0 spiro atoms. The average molecular weight is 413 g/mol. The van der Waals surface area contributed by atoms with Gasteiger partial charge in [0.2, 0.25) is 0 Å². The van der Waals surface area contributed by atoms with Crippen LogP contribution in [0.25, 0.3) is 10.8 Å². The molecule has 0 bridgehead atoms. The highest BCUT2D eigenvalue weighted by Gasteiger charge is 2.24. The second-order valence-electron chi connectivity index (χ2n) is 6.93. The molecule has 0 aliphatic heterocycles. The van der Waals surface area contributed by atoms with Gasteiger partial charge in [-0.05, 0) is 46.7 Å². The Morgan fingerprint density at radius 1 is 0.806 bits per heavy atom. The molecule has 4 aromatic rings. The standard InChI is InChI=1S/C25H19NO5/c27-21-15-14-16-6-4-5-9-20(16)22(21)23(17-10-12-18(13-11-17)24(28)29)26-25(30)31-19-7-2-1-3-8-19/h1-15,23,27H,(H,26,30)(H,28,29). The molecule has 0 aliphatic carbocycles. The molecule has 0 aromatic heterocycles. The molecular weight excluding hydrogens is 394 g/mol. The molecule has 1 atom stereocenters. The lowest BCUT2D eigenvalue weighted by molar-refractivity contribution is 0.0696. The van der Waals surface area contributed by atoms with Gasteiger partial charge in [0.05, 0.1) is 11.6 Å². The highest BCUT2D eigenvalue weighted by molar-refractivity contribution is 5.90. The normalized spacial score (nSPS) is 11.6. The van der Waals surface area contributed by atoms with Crippen LogP contribution in [-0.4, -0.2) is 22.3 Å². The Kier molecular flexibility index (Phi) is 5.53. The Bertz CT molecular complexity index is 1240. The van der Waals surface area contributed by atoms with Gasteiger partial charge in [-0.25, -0.2) is 9.59 Å². The fourth-order valence-corrected chi connectivity index (χ4v) is 3.47. The monoisotopic (exact) mass is 413 g/mol. The van der Waals surface area contributed by atoms with Crippen molar-refractivity contribution in [2.24, 2.45) is 0 Å². The number of para-hydroxylation sites is 1. The van der Waals surface area contributed by atoms with Gasteiger partial charge >= 0.3 is 12.1 Å². The zero-order valence-corrected chi connectivity index (χ0v) is 16.4. The number of phenolic OH excluding ortho intramolecular Hbond substituents is 1. The topological polar surface area (TPSA) is 95.9 Å². The van der Waals surface area contributed by atoms with E-state index in [-0.39, 0.29) is 11.3 Å². The van der Waals surface area contributed by atoms with Gasteiger partial charge in [0.25, 0.3) is 0 Å². The summed E-state index contributed by atoms with van der Waals surface area (Å²) in [4.78, 5) is 23.9. The number of carboxylic acid groups (broad SMARTS) is 1. The molecule has 4 rings (SSSR count). The summed E-state index contributed by atoms with van der Waals surface area (Å²) in [7, 11) is 0. The van der Waals surface area contributed by atoms with Crippen LogP contribution >= 0.6 is 0 Å². The largest absolute Gasteiger partial charge is 0.508 e. The number of rotatable bonds is 5. The van der Waals surface area contributed by atoms with Gasteiger partial charge in [0, 0.05) is 5.56 Å². The number of carboxylic acids is 1. The molecule has 0 aliphatic rings. The van der Waals surface area contributed by atoms with Crippen LogP contribution < -0.4 is 10.1 Å². The van der Waals surface area contributed by atoms with Crippen molar-refractivity contribution in [1.29, 1.82) is 0 Å². The Balaban J connectivity index is 1.77. The van der Waals surface area contributed by atoms with E-state index in [1.54, 1.807) is 48.5 Å². The number of benzene rings is 4. The Hall–Kier alpha value is -4.32. The Morgan fingerprint density at radius 2 is 1.48 bits per heavy atom. The predicted molar refractivity (Wildman–Crippen MR) is 116 cm³/mol. The van der Waals surface area contributed by atoms with Gasteiger partial charge in [-0.15, -0.1) is 0 Å². The summed E-state index contributed by atoms with van der Waals surface area (Å²) in [5.41, 5.74) is 1.21. The summed E-state index contributed by atoms with van der Waals surface area (Å²) in [6.45, 7) is 0. The molecule has 4 aromatic carbocycles. The maximum Gasteiger partial charge on any atom is 0.413 e. The Labute approximate surface area is 178 Å². The van der Waals surface area contributed by atoms with Crippen LogP contribution in [-0.2, 0) is 0 Å². The van der Waals surface area contributed by atoms with E-state index >= 15 is 0 Å². The second kappa shape index (κ2) is 8.59. The van der Waals surface area contributed by atoms with E-state index in [0.717, 1.165) is 10.8 Å². The van der Waals surface area contributed by atoms with Gasteiger partial charge in [-0.3, -0.25) is 0 Å². The summed E-state index contributed by atoms with van der Waals surface area (Å²) in [5, 5.41) is 24.4. The highest BCUT2D eigenvalue weighted by Crippen LogP contribution is 2.36. The number of carbonyl (C=O) groups is 2. The van der Waals surface area contributed by atoms with Crippen LogP contribution in [0.3, 0.4) is 0 Å². The molecular formula is C25H19NO5. The number of hydrogen-bond donors (Lipinski definition) is 3. The molecule has 6 nitrogen and oxygen atoms in total. The van der Waals surface area contributed by atoms with Gasteiger partial charge in [0.15, 0.2) is 0 Å². The van der Waals surface area contributed by atoms with Crippen molar-refractivity contribution in [1.82, 2.24) is 5.32 Å². The first-order valence-corrected chi connectivity index (χ1v) is 9.60. The van der Waals surface area contributed by atoms with Crippen molar-refractivity contribution in [3.05, 3.63) is 108 Å². The molecule has 3 N–H and O–H groups in total. The summed E-state index contributed by atoms with van der Waals surface area (Å²) in [6, 6.07) is 24.8. The average Bonchev–Trinajstić information content (AvgIpc) is 2.78. The van der Waals surface area contributed by atoms with Crippen molar-refractivity contribution >= 4 is 22.8 Å². The molecule has 31 heavy (non-hydrogen) atoms. The Morgan fingerprint density at radius 3 is 2.19 bits per heavy atom. The fraction of sp³-hybridized carbons (Fsp3) is 0.0400. The van der Waals surface area contributed by atoms with Crippen LogP contribution in [0, 0.1) is 0 Å². The van der Waals surface area contributed by atoms with Gasteiger partial charge < -0.3 is 20.3 Å². The van der Waals surface area contributed by atoms with E-state index in [4.69, 9.17) is 4.74 Å². The molecule has 1 amide bonds. The maximum atomic E-state index is 12.7. The third-order valence-electron chi connectivity index (χ3n) is 4.94. The number of aromatic carboxylic acids is 1. The van der Waals surface area contributed by atoms with Crippen LogP contribution in [0.15, 0.2) is 91.0 Å². The molecule has 0 saturated heterocycles. The number of phenols is 1. The molecule has 0 radical (unpaired) electrons. The summed E-state index contributed by atoms with van der Waals surface area (Å²) < 4.78 is 5.38. The lowest BCUT2D eigenvalue weighted by Crippen LogP contribution is -2.32. The first-order valence-electron chi connectivity index (χ1n) is 9.60. The highest BCUT2D eigenvalue weighted by atomic mass is 16.6. The number of amides is 1. The van der Waals surface area contributed by atoms with Crippen LogP contribution in [0.1, 0.15) is 27.5 Å². The van der Waals surface area contributed by atoms with Crippen molar-refractivity contribution in [3.8, 4) is 11.5 Å². The van der Waals surface area contributed by atoms with E-state index in [9.17, 15) is 19.8 Å². The molecule has 0 saturated carbocycles. The second-order valence-corrected chi connectivity index (χ2v) is 6.93. The van der Waals surface area contributed by atoms with Crippen LogP contribution in [0.4, 0.5) is 4.79 Å². The third kappa shape index (κ3) is 4.33. The number of hydrogen-bond acceptors (Lipinski definition) is 4. The summed E-state index contributed by atoms with van der Waals surface area (Å²) >= 11 is 0. The lowest BCUT2D eigenvalue weighted by Gasteiger charge is -2.22. The zero-order valence-electron chi connectivity index (χ0n) is 16.4. The number of carbonyl (C=O) groups excluding carboxylic acids is 1. The number of nitrogens with one attached hydrogen (secondary N) is 1. The predicted octanol–water partition coefficient (Wildman–Crippen LogP) is 5.12. The molecule has 1 unspecified atom stereocenters. The minimum atomic E-state index is -1.05. The first-order chi connectivity index (χ1) is 15.0. The summed E-state index contributed by atoms with van der Waals surface area (Å²) in [6.07, 6.45) is -0.703. The minimum absolute atomic E-state index is 0.00558. The maximum absolute atomic E-state index is 12.7. The smallest absolute Gasteiger partial charge is 0.413 e. The van der Waals surface area contributed by atoms with Crippen molar-refractivity contribution in [2.45, 2.75) is 6.04 Å². The molecule has 154 valence electrons. The van der Waals surface area contributed by atoms with Gasteiger partial charge in [0.1, 0.15) is 11.5 Å². The molecule has 0 heterocycles. The first kappa shape index (κ1) is 20.0. The number of fused-ring (bicyclic) bond motifs is 1. The van der Waals surface area contributed by atoms with E-state index in [0.29, 0.717) is 16.9 Å².